The van der Waals surface area contributed by atoms with Crippen LogP contribution in [-0.4, -0.2) is 29.1 Å². The van der Waals surface area contributed by atoms with Crippen molar-refractivity contribution in [1.29, 1.82) is 0 Å². The van der Waals surface area contributed by atoms with Crippen LogP contribution >= 0.6 is 22.9 Å². The van der Waals surface area contributed by atoms with Crippen LogP contribution in [0.15, 0.2) is 59.6 Å². The maximum absolute atomic E-state index is 13.1. The number of carbonyl (C=O) groups is 1. The van der Waals surface area contributed by atoms with E-state index in [9.17, 15) is 13.2 Å². The number of aryl methyl sites for hydroxylation is 1. The molecule has 0 spiro atoms. The number of rotatable bonds is 6. The molecule has 0 saturated heterocycles. The van der Waals surface area contributed by atoms with Gasteiger partial charge in [-0.05, 0) is 30.7 Å². The first-order valence-electron chi connectivity index (χ1n) is 8.97. The van der Waals surface area contributed by atoms with Crippen molar-refractivity contribution < 1.29 is 13.2 Å². The standard InChI is InChI=1S/C20H17ClN4O3S2/c1-13-23-24-20(29-13)22-19(26)11-25-10-18(16-4-2-3-5-17(16)25)30(27,28)12-14-6-8-15(21)9-7-14/h2-10H,11-12H2,1H3,(H,22,24,26). The van der Waals surface area contributed by atoms with Gasteiger partial charge >= 0.3 is 0 Å². The van der Waals surface area contributed by atoms with Crippen LogP contribution in [0.4, 0.5) is 5.13 Å². The molecule has 30 heavy (non-hydrogen) atoms. The maximum Gasteiger partial charge on any atom is 0.246 e. The van der Waals surface area contributed by atoms with Gasteiger partial charge in [0.2, 0.25) is 11.0 Å². The number of aromatic nitrogens is 3. The van der Waals surface area contributed by atoms with Gasteiger partial charge in [-0.1, -0.05) is 53.3 Å². The fraction of sp³-hybridized carbons (Fsp3) is 0.150. The van der Waals surface area contributed by atoms with Crippen molar-refractivity contribution in [3.8, 4) is 0 Å². The zero-order valence-electron chi connectivity index (χ0n) is 15.9. The lowest BCUT2D eigenvalue weighted by molar-refractivity contribution is -0.116. The summed E-state index contributed by atoms with van der Waals surface area (Å²) in [6.07, 6.45) is 1.51. The summed E-state index contributed by atoms with van der Waals surface area (Å²) in [5.74, 6) is -0.470. The number of sulfone groups is 1. The fourth-order valence-corrected chi connectivity index (χ4v) is 5.45. The molecule has 1 N–H and O–H groups in total. The third kappa shape index (κ3) is 4.38. The van der Waals surface area contributed by atoms with Crippen molar-refractivity contribution in [1.82, 2.24) is 14.8 Å². The van der Waals surface area contributed by atoms with Crippen molar-refractivity contribution >= 4 is 54.7 Å². The number of hydrogen-bond donors (Lipinski definition) is 1. The molecular formula is C20H17ClN4O3S2. The quantitative estimate of drug-likeness (QED) is 0.468. The number of nitrogens with zero attached hydrogens (tertiary/aromatic N) is 3. The van der Waals surface area contributed by atoms with Crippen molar-refractivity contribution in [3.05, 3.63) is 70.3 Å². The highest BCUT2D eigenvalue weighted by Gasteiger charge is 2.22. The van der Waals surface area contributed by atoms with E-state index in [0.29, 0.717) is 26.6 Å². The summed E-state index contributed by atoms with van der Waals surface area (Å²) in [6.45, 7) is 1.75. The lowest BCUT2D eigenvalue weighted by Crippen LogP contribution is -2.18. The Hall–Kier alpha value is -2.75. The van der Waals surface area contributed by atoms with Crippen LogP contribution in [0.5, 0.6) is 0 Å². The van der Waals surface area contributed by atoms with E-state index in [4.69, 9.17) is 11.6 Å². The van der Waals surface area contributed by atoms with E-state index < -0.39 is 9.84 Å². The molecule has 4 aromatic rings. The van der Waals surface area contributed by atoms with E-state index in [1.54, 1.807) is 60.0 Å². The highest BCUT2D eigenvalue weighted by molar-refractivity contribution is 7.90. The molecular weight excluding hydrogens is 444 g/mol. The Morgan fingerprint density at radius 2 is 1.87 bits per heavy atom. The molecule has 0 aliphatic rings. The Morgan fingerprint density at radius 1 is 1.13 bits per heavy atom. The molecule has 2 aromatic carbocycles. The Kier molecular flexibility index (Phi) is 5.59. The first-order valence-corrected chi connectivity index (χ1v) is 11.8. The molecule has 10 heteroatoms. The Balaban J connectivity index is 1.64. The van der Waals surface area contributed by atoms with Crippen LogP contribution in [-0.2, 0) is 26.9 Å². The summed E-state index contributed by atoms with van der Waals surface area (Å²) in [4.78, 5) is 12.6. The molecule has 0 unspecified atom stereocenters. The zero-order valence-corrected chi connectivity index (χ0v) is 18.3. The molecule has 154 valence electrons. The predicted octanol–water partition coefficient (Wildman–Crippen LogP) is 4.07. The minimum Gasteiger partial charge on any atom is -0.337 e. The summed E-state index contributed by atoms with van der Waals surface area (Å²) in [7, 11) is -3.64. The molecule has 0 atom stereocenters. The van der Waals surface area contributed by atoms with Gasteiger partial charge in [-0.3, -0.25) is 10.1 Å². The average Bonchev–Trinajstić information content (AvgIpc) is 3.27. The Morgan fingerprint density at radius 3 is 2.57 bits per heavy atom. The molecule has 0 saturated carbocycles. The van der Waals surface area contributed by atoms with Gasteiger partial charge in [0.1, 0.15) is 11.6 Å². The summed E-state index contributed by atoms with van der Waals surface area (Å²) in [6, 6.07) is 13.8. The fourth-order valence-electron chi connectivity index (χ4n) is 3.13. The van der Waals surface area contributed by atoms with Crippen LogP contribution in [0.1, 0.15) is 10.6 Å². The van der Waals surface area contributed by atoms with Crippen LogP contribution < -0.4 is 5.32 Å². The molecule has 0 aliphatic carbocycles. The number of anilines is 1. The van der Waals surface area contributed by atoms with Gasteiger partial charge in [-0.2, -0.15) is 0 Å². The Labute approximate surface area is 182 Å². The molecule has 0 aliphatic heterocycles. The number of hydrogen-bond acceptors (Lipinski definition) is 6. The van der Waals surface area contributed by atoms with E-state index in [0.717, 1.165) is 5.01 Å². The second kappa shape index (κ2) is 8.17. The third-order valence-electron chi connectivity index (χ3n) is 4.44. The smallest absolute Gasteiger partial charge is 0.246 e. The monoisotopic (exact) mass is 460 g/mol. The normalized spacial score (nSPS) is 11.7. The summed E-state index contributed by atoms with van der Waals surface area (Å²) in [5.41, 5.74) is 1.30. The second-order valence-electron chi connectivity index (χ2n) is 6.70. The highest BCUT2D eigenvalue weighted by atomic mass is 35.5. The number of para-hydroxylation sites is 1. The zero-order chi connectivity index (χ0) is 21.3. The molecule has 0 radical (unpaired) electrons. The van der Waals surface area contributed by atoms with E-state index in [2.05, 4.69) is 15.5 Å². The molecule has 7 nitrogen and oxygen atoms in total. The van der Waals surface area contributed by atoms with E-state index in [1.807, 2.05) is 0 Å². The lowest BCUT2D eigenvalue weighted by atomic mass is 10.2. The minimum atomic E-state index is -3.64. The number of fused-ring (bicyclic) bond motifs is 1. The molecule has 0 bridgehead atoms. The first-order chi connectivity index (χ1) is 14.3. The van der Waals surface area contributed by atoms with Crippen molar-refractivity contribution in [2.45, 2.75) is 24.1 Å². The summed E-state index contributed by atoms with van der Waals surface area (Å²) in [5, 5.41) is 12.7. The Bertz CT molecular complexity index is 1330. The van der Waals surface area contributed by atoms with Gasteiger partial charge in [0.25, 0.3) is 0 Å². The largest absolute Gasteiger partial charge is 0.337 e. The van der Waals surface area contributed by atoms with Gasteiger partial charge in [0, 0.05) is 22.1 Å². The molecule has 4 rings (SSSR count). The minimum absolute atomic E-state index is 0.0460. The van der Waals surface area contributed by atoms with Gasteiger partial charge < -0.3 is 4.57 Å². The molecule has 1 amide bonds. The molecule has 2 heterocycles. The van der Waals surface area contributed by atoms with E-state index in [-0.39, 0.29) is 23.1 Å². The second-order valence-corrected chi connectivity index (χ2v) is 10.3. The molecule has 2 aromatic heterocycles. The predicted molar refractivity (Wildman–Crippen MR) is 118 cm³/mol. The van der Waals surface area contributed by atoms with Gasteiger partial charge in [0.05, 0.1) is 10.6 Å². The number of amides is 1. The third-order valence-corrected chi connectivity index (χ3v) is 7.16. The van der Waals surface area contributed by atoms with Crippen molar-refractivity contribution in [2.24, 2.45) is 0 Å². The lowest BCUT2D eigenvalue weighted by Gasteiger charge is -2.04. The number of nitrogens with one attached hydrogen (secondary N) is 1. The van der Waals surface area contributed by atoms with E-state index in [1.165, 1.54) is 17.5 Å². The SMILES string of the molecule is Cc1nnc(NC(=O)Cn2cc(S(=O)(=O)Cc3ccc(Cl)cc3)c3ccccc32)s1. The number of carbonyl (C=O) groups excluding carboxylic acids is 1. The van der Waals surface area contributed by atoms with Crippen LogP contribution in [0.3, 0.4) is 0 Å². The number of benzene rings is 2. The van der Waals surface area contributed by atoms with Gasteiger partial charge in [-0.15, -0.1) is 10.2 Å². The summed E-state index contributed by atoms with van der Waals surface area (Å²) < 4.78 is 27.9. The van der Waals surface area contributed by atoms with Gasteiger partial charge in [0.15, 0.2) is 9.84 Å². The van der Waals surface area contributed by atoms with Crippen molar-refractivity contribution in [3.63, 3.8) is 0 Å². The van der Waals surface area contributed by atoms with E-state index >= 15 is 0 Å². The van der Waals surface area contributed by atoms with Crippen molar-refractivity contribution in [2.75, 3.05) is 5.32 Å². The average molecular weight is 461 g/mol. The van der Waals surface area contributed by atoms with Crippen LogP contribution in [0.2, 0.25) is 5.02 Å². The first kappa shape index (κ1) is 20.5. The topological polar surface area (TPSA) is 93.9 Å². The summed E-state index contributed by atoms with van der Waals surface area (Å²) >= 11 is 7.16. The highest BCUT2D eigenvalue weighted by Crippen LogP contribution is 2.28. The number of halogens is 1. The van der Waals surface area contributed by atoms with Crippen LogP contribution in [0.25, 0.3) is 10.9 Å². The molecule has 0 fully saturated rings. The van der Waals surface area contributed by atoms with Crippen LogP contribution in [0, 0.1) is 6.92 Å². The maximum atomic E-state index is 13.1. The van der Waals surface area contributed by atoms with Gasteiger partial charge in [-0.25, -0.2) is 8.42 Å².